The standard InChI is InChI=1S/C15H21NO2/c1-3-8-17-11-4-5-12-13-6-7-16-15(13,2)10-18-14(12)9-11/h4-5,9,13,16H,3,6-8,10H2,1-2H3/t13-,15+/m0/s1. The van der Waals surface area contributed by atoms with E-state index < -0.39 is 0 Å². The predicted octanol–water partition coefficient (Wildman–Crippen LogP) is 2.70. The van der Waals surface area contributed by atoms with Crippen molar-refractivity contribution in [1.29, 1.82) is 0 Å². The van der Waals surface area contributed by atoms with Crippen LogP contribution in [0.2, 0.25) is 0 Å². The first-order valence-corrected chi connectivity index (χ1v) is 6.87. The maximum atomic E-state index is 5.92. The van der Waals surface area contributed by atoms with Gasteiger partial charge in [-0.25, -0.2) is 0 Å². The third kappa shape index (κ3) is 1.87. The van der Waals surface area contributed by atoms with Crippen molar-refractivity contribution in [2.24, 2.45) is 0 Å². The van der Waals surface area contributed by atoms with Gasteiger partial charge in [0.1, 0.15) is 18.1 Å². The highest BCUT2D eigenvalue weighted by Crippen LogP contribution is 2.45. The molecule has 0 bridgehead atoms. The van der Waals surface area contributed by atoms with E-state index in [0.29, 0.717) is 5.92 Å². The summed E-state index contributed by atoms with van der Waals surface area (Å²) >= 11 is 0. The molecule has 1 saturated heterocycles. The third-order valence-corrected chi connectivity index (χ3v) is 4.09. The van der Waals surface area contributed by atoms with Crippen LogP contribution in [0.4, 0.5) is 0 Å². The van der Waals surface area contributed by atoms with E-state index in [-0.39, 0.29) is 5.54 Å². The zero-order valence-electron chi connectivity index (χ0n) is 11.2. The second-order valence-electron chi connectivity index (χ2n) is 5.52. The lowest BCUT2D eigenvalue weighted by Gasteiger charge is -2.37. The van der Waals surface area contributed by atoms with Crippen LogP contribution in [0.5, 0.6) is 11.5 Å². The van der Waals surface area contributed by atoms with Crippen LogP contribution >= 0.6 is 0 Å². The molecule has 3 heteroatoms. The Morgan fingerprint density at radius 3 is 3.22 bits per heavy atom. The molecule has 18 heavy (non-hydrogen) atoms. The largest absolute Gasteiger partial charge is 0.493 e. The molecule has 1 aromatic rings. The molecule has 0 aliphatic carbocycles. The average Bonchev–Trinajstić information content (AvgIpc) is 2.78. The van der Waals surface area contributed by atoms with E-state index in [9.17, 15) is 0 Å². The first-order valence-electron chi connectivity index (χ1n) is 6.87. The molecule has 0 spiro atoms. The highest BCUT2D eigenvalue weighted by Gasteiger charge is 2.44. The number of rotatable bonds is 3. The summed E-state index contributed by atoms with van der Waals surface area (Å²) in [6.07, 6.45) is 2.23. The highest BCUT2D eigenvalue weighted by molar-refractivity contribution is 5.46. The molecule has 2 aliphatic heterocycles. The third-order valence-electron chi connectivity index (χ3n) is 4.09. The predicted molar refractivity (Wildman–Crippen MR) is 71.5 cm³/mol. The van der Waals surface area contributed by atoms with Crippen LogP contribution in [0, 0.1) is 0 Å². The lowest BCUT2D eigenvalue weighted by Crippen LogP contribution is -2.48. The molecule has 2 aliphatic rings. The van der Waals surface area contributed by atoms with Gasteiger partial charge >= 0.3 is 0 Å². The summed E-state index contributed by atoms with van der Waals surface area (Å²) in [6, 6.07) is 6.29. The van der Waals surface area contributed by atoms with Gasteiger partial charge in [0.25, 0.3) is 0 Å². The molecule has 2 atom stereocenters. The summed E-state index contributed by atoms with van der Waals surface area (Å²) in [5.74, 6) is 2.50. The molecular formula is C15H21NO2. The van der Waals surface area contributed by atoms with E-state index in [2.05, 4.69) is 31.3 Å². The van der Waals surface area contributed by atoms with Gasteiger partial charge in [-0.2, -0.15) is 0 Å². The summed E-state index contributed by atoms with van der Waals surface area (Å²) in [5.41, 5.74) is 1.44. The summed E-state index contributed by atoms with van der Waals surface area (Å²) < 4.78 is 11.6. The Hall–Kier alpha value is -1.22. The van der Waals surface area contributed by atoms with Crippen molar-refractivity contribution < 1.29 is 9.47 Å². The van der Waals surface area contributed by atoms with Crippen molar-refractivity contribution in [2.75, 3.05) is 19.8 Å². The molecule has 0 saturated carbocycles. The van der Waals surface area contributed by atoms with Gasteiger partial charge in [0.15, 0.2) is 0 Å². The fraction of sp³-hybridized carbons (Fsp3) is 0.600. The molecule has 0 unspecified atom stereocenters. The summed E-state index contributed by atoms with van der Waals surface area (Å²) in [4.78, 5) is 0. The molecule has 0 amide bonds. The zero-order chi connectivity index (χ0) is 12.6. The van der Waals surface area contributed by atoms with Crippen molar-refractivity contribution in [3.63, 3.8) is 0 Å². The maximum Gasteiger partial charge on any atom is 0.126 e. The fourth-order valence-electron chi connectivity index (χ4n) is 3.06. The number of benzene rings is 1. The molecule has 3 nitrogen and oxygen atoms in total. The molecule has 1 fully saturated rings. The molecular weight excluding hydrogens is 226 g/mol. The number of hydrogen-bond donors (Lipinski definition) is 1. The SMILES string of the molecule is CCCOc1ccc2c(c1)OC[C@@]1(C)NCC[C@@H]21. The van der Waals surface area contributed by atoms with Gasteiger partial charge in [-0.05, 0) is 37.9 Å². The van der Waals surface area contributed by atoms with Crippen LogP contribution in [0.15, 0.2) is 18.2 Å². The number of nitrogens with one attached hydrogen (secondary N) is 1. The van der Waals surface area contributed by atoms with E-state index in [1.807, 2.05) is 6.07 Å². The van der Waals surface area contributed by atoms with Gasteiger partial charge in [-0.3, -0.25) is 0 Å². The van der Waals surface area contributed by atoms with Gasteiger partial charge in [-0.1, -0.05) is 13.0 Å². The van der Waals surface area contributed by atoms with Gasteiger partial charge in [0.2, 0.25) is 0 Å². The Balaban J connectivity index is 1.88. The first kappa shape index (κ1) is 11.8. The first-order chi connectivity index (χ1) is 8.73. The second-order valence-corrected chi connectivity index (χ2v) is 5.52. The molecule has 3 rings (SSSR count). The van der Waals surface area contributed by atoms with Gasteiger partial charge in [0, 0.05) is 12.0 Å². The topological polar surface area (TPSA) is 30.5 Å². The molecule has 0 aromatic heterocycles. The molecule has 2 heterocycles. The van der Waals surface area contributed by atoms with E-state index in [1.54, 1.807) is 0 Å². The van der Waals surface area contributed by atoms with E-state index >= 15 is 0 Å². The van der Waals surface area contributed by atoms with Crippen molar-refractivity contribution >= 4 is 0 Å². The Labute approximate surface area is 108 Å². The lowest BCUT2D eigenvalue weighted by atomic mass is 9.80. The average molecular weight is 247 g/mol. The van der Waals surface area contributed by atoms with Crippen LogP contribution in [0.25, 0.3) is 0 Å². The smallest absolute Gasteiger partial charge is 0.126 e. The minimum atomic E-state index is 0.110. The number of fused-ring (bicyclic) bond motifs is 3. The van der Waals surface area contributed by atoms with Crippen LogP contribution in [-0.4, -0.2) is 25.3 Å². The van der Waals surface area contributed by atoms with Crippen molar-refractivity contribution in [1.82, 2.24) is 5.32 Å². The Kier molecular flexibility index (Phi) is 2.94. The van der Waals surface area contributed by atoms with Gasteiger partial charge in [0.05, 0.1) is 12.1 Å². The molecule has 1 aromatic carbocycles. The number of hydrogen-bond acceptors (Lipinski definition) is 3. The van der Waals surface area contributed by atoms with Crippen LogP contribution < -0.4 is 14.8 Å². The fourth-order valence-corrected chi connectivity index (χ4v) is 3.06. The van der Waals surface area contributed by atoms with Crippen LogP contribution in [0.1, 0.15) is 38.2 Å². The summed E-state index contributed by atoms with van der Waals surface area (Å²) in [6.45, 7) is 6.97. The van der Waals surface area contributed by atoms with Crippen molar-refractivity contribution in [3.05, 3.63) is 23.8 Å². The van der Waals surface area contributed by atoms with Crippen molar-refractivity contribution in [3.8, 4) is 11.5 Å². The minimum absolute atomic E-state index is 0.110. The normalized spacial score (nSPS) is 29.3. The van der Waals surface area contributed by atoms with Crippen LogP contribution in [0.3, 0.4) is 0 Å². The Morgan fingerprint density at radius 2 is 2.39 bits per heavy atom. The quantitative estimate of drug-likeness (QED) is 0.891. The Bertz CT molecular complexity index is 446. The van der Waals surface area contributed by atoms with Gasteiger partial charge < -0.3 is 14.8 Å². The number of ether oxygens (including phenoxy) is 2. The lowest BCUT2D eigenvalue weighted by molar-refractivity contribution is 0.169. The van der Waals surface area contributed by atoms with Crippen molar-refractivity contribution in [2.45, 2.75) is 38.1 Å². The maximum absolute atomic E-state index is 5.92. The zero-order valence-corrected chi connectivity index (χ0v) is 11.2. The van der Waals surface area contributed by atoms with Crippen LogP contribution in [-0.2, 0) is 0 Å². The van der Waals surface area contributed by atoms with E-state index in [4.69, 9.17) is 9.47 Å². The summed E-state index contributed by atoms with van der Waals surface area (Å²) in [7, 11) is 0. The Morgan fingerprint density at radius 1 is 1.50 bits per heavy atom. The minimum Gasteiger partial charge on any atom is -0.493 e. The highest BCUT2D eigenvalue weighted by atomic mass is 16.5. The van der Waals surface area contributed by atoms with E-state index in [0.717, 1.165) is 37.7 Å². The molecule has 98 valence electrons. The van der Waals surface area contributed by atoms with Gasteiger partial charge in [-0.15, -0.1) is 0 Å². The molecule has 0 radical (unpaired) electrons. The summed E-state index contributed by atoms with van der Waals surface area (Å²) in [5, 5.41) is 3.57. The van der Waals surface area contributed by atoms with E-state index in [1.165, 1.54) is 12.0 Å². The second kappa shape index (κ2) is 4.47. The molecule has 1 N–H and O–H groups in total. The monoisotopic (exact) mass is 247 g/mol.